The van der Waals surface area contributed by atoms with E-state index in [1.807, 2.05) is 13.0 Å². The standard InChI is InChI=1S/C21H21ClN2O4/c1-12-9-16(15-10-14(22)6-7-17(15)24-12)21(25)23-11-13-5-8-18(26-2)20(28-4)19(13)27-3/h5-10H,11H2,1-4H3,(H,23,25). The van der Waals surface area contributed by atoms with Crippen molar-refractivity contribution < 1.29 is 19.0 Å². The molecule has 1 N–H and O–H groups in total. The maximum absolute atomic E-state index is 12.9. The third-order valence-electron chi connectivity index (χ3n) is 4.37. The second-order valence-corrected chi connectivity index (χ2v) is 6.59. The number of hydrogen-bond acceptors (Lipinski definition) is 5. The third kappa shape index (κ3) is 3.82. The van der Waals surface area contributed by atoms with E-state index >= 15 is 0 Å². The van der Waals surface area contributed by atoms with Gasteiger partial charge in [-0.15, -0.1) is 0 Å². The number of nitrogens with zero attached hydrogens (tertiary/aromatic N) is 1. The average Bonchev–Trinajstić information content (AvgIpc) is 2.70. The Morgan fingerprint density at radius 3 is 2.46 bits per heavy atom. The lowest BCUT2D eigenvalue weighted by molar-refractivity contribution is 0.0952. The van der Waals surface area contributed by atoms with E-state index in [4.69, 9.17) is 25.8 Å². The summed E-state index contributed by atoms with van der Waals surface area (Å²) in [4.78, 5) is 17.4. The normalized spacial score (nSPS) is 10.6. The number of carbonyl (C=O) groups is 1. The van der Waals surface area contributed by atoms with Crippen molar-refractivity contribution >= 4 is 28.4 Å². The molecular formula is C21H21ClN2O4. The molecule has 2 aromatic carbocycles. The Morgan fingerprint density at radius 1 is 1.04 bits per heavy atom. The van der Waals surface area contributed by atoms with Gasteiger partial charge in [-0.2, -0.15) is 0 Å². The first kappa shape index (κ1) is 19.8. The summed E-state index contributed by atoms with van der Waals surface area (Å²) in [7, 11) is 4.64. The smallest absolute Gasteiger partial charge is 0.252 e. The van der Waals surface area contributed by atoms with E-state index in [1.165, 1.54) is 0 Å². The monoisotopic (exact) mass is 400 g/mol. The van der Waals surface area contributed by atoms with Gasteiger partial charge in [0, 0.05) is 28.2 Å². The quantitative estimate of drug-likeness (QED) is 0.673. The molecule has 1 heterocycles. The Bertz CT molecular complexity index is 1040. The highest BCUT2D eigenvalue weighted by molar-refractivity contribution is 6.31. The van der Waals surface area contributed by atoms with Crippen LogP contribution in [-0.4, -0.2) is 32.2 Å². The van der Waals surface area contributed by atoms with Crippen molar-refractivity contribution in [3.63, 3.8) is 0 Å². The Kier molecular flexibility index (Phi) is 5.90. The number of amides is 1. The summed E-state index contributed by atoms with van der Waals surface area (Å²) in [5.41, 5.74) is 2.76. The van der Waals surface area contributed by atoms with Crippen LogP contribution in [0.4, 0.5) is 0 Å². The van der Waals surface area contributed by atoms with Gasteiger partial charge < -0.3 is 19.5 Å². The van der Waals surface area contributed by atoms with Crippen LogP contribution in [0.15, 0.2) is 36.4 Å². The number of nitrogens with one attached hydrogen (secondary N) is 1. The highest BCUT2D eigenvalue weighted by atomic mass is 35.5. The van der Waals surface area contributed by atoms with Gasteiger partial charge in [0.1, 0.15) is 0 Å². The van der Waals surface area contributed by atoms with Crippen molar-refractivity contribution in [3.05, 3.63) is 58.2 Å². The zero-order chi connectivity index (χ0) is 20.3. The lowest BCUT2D eigenvalue weighted by atomic mass is 10.1. The van der Waals surface area contributed by atoms with Gasteiger partial charge in [0.05, 0.1) is 32.4 Å². The number of fused-ring (bicyclic) bond motifs is 1. The van der Waals surface area contributed by atoms with E-state index in [2.05, 4.69) is 10.3 Å². The Morgan fingerprint density at radius 2 is 1.79 bits per heavy atom. The minimum atomic E-state index is -0.227. The number of halogens is 1. The molecule has 0 saturated carbocycles. The van der Waals surface area contributed by atoms with E-state index in [1.54, 1.807) is 51.7 Å². The van der Waals surface area contributed by atoms with Gasteiger partial charge in [0.25, 0.3) is 5.91 Å². The van der Waals surface area contributed by atoms with Crippen molar-refractivity contribution in [1.82, 2.24) is 10.3 Å². The van der Waals surface area contributed by atoms with Crippen molar-refractivity contribution in [3.8, 4) is 17.2 Å². The SMILES string of the molecule is COc1ccc(CNC(=O)c2cc(C)nc3ccc(Cl)cc23)c(OC)c1OC. The fourth-order valence-electron chi connectivity index (χ4n) is 3.09. The van der Waals surface area contributed by atoms with E-state index in [9.17, 15) is 4.79 Å². The summed E-state index contributed by atoms with van der Waals surface area (Å²) in [5, 5.41) is 4.18. The molecule has 6 nitrogen and oxygen atoms in total. The number of aromatic nitrogens is 1. The molecule has 0 saturated heterocycles. The van der Waals surface area contributed by atoms with E-state index in [0.717, 1.165) is 16.8 Å². The molecule has 0 fully saturated rings. The highest BCUT2D eigenvalue weighted by Crippen LogP contribution is 2.39. The second kappa shape index (κ2) is 8.35. The lowest BCUT2D eigenvalue weighted by Gasteiger charge is -2.16. The fourth-order valence-corrected chi connectivity index (χ4v) is 3.26. The van der Waals surface area contributed by atoms with Crippen LogP contribution in [0.2, 0.25) is 5.02 Å². The van der Waals surface area contributed by atoms with E-state index in [0.29, 0.717) is 33.2 Å². The molecule has 0 atom stereocenters. The lowest BCUT2D eigenvalue weighted by Crippen LogP contribution is -2.23. The first-order chi connectivity index (χ1) is 13.5. The minimum absolute atomic E-state index is 0.227. The van der Waals surface area contributed by atoms with Gasteiger partial charge in [-0.05, 0) is 43.3 Å². The third-order valence-corrected chi connectivity index (χ3v) is 4.60. The molecule has 0 aliphatic heterocycles. The highest BCUT2D eigenvalue weighted by Gasteiger charge is 2.17. The first-order valence-corrected chi connectivity index (χ1v) is 8.99. The molecule has 3 rings (SSSR count). The predicted molar refractivity (Wildman–Crippen MR) is 109 cm³/mol. The minimum Gasteiger partial charge on any atom is -0.493 e. The number of rotatable bonds is 6. The number of benzene rings is 2. The second-order valence-electron chi connectivity index (χ2n) is 6.15. The largest absolute Gasteiger partial charge is 0.493 e. The molecule has 7 heteroatoms. The van der Waals surface area contributed by atoms with Crippen LogP contribution in [0.3, 0.4) is 0 Å². The topological polar surface area (TPSA) is 69.7 Å². The van der Waals surface area contributed by atoms with Crippen molar-refractivity contribution in [1.29, 1.82) is 0 Å². The molecule has 1 amide bonds. The maximum atomic E-state index is 12.9. The number of hydrogen-bond donors (Lipinski definition) is 1. The van der Waals surface area contributed by atoms with Crippen LogP contribution in [0.5, 0.6) is 17.2 Å². The Labute approximate surface area is 168 Å². The molecule has 0 bridgehead atoms. The molecule has 1 aromatic heterocycles. The van der Waals surface area contributed by atoms with Gasteiger partial charge in [0.15, 0.2) is 11.5 Å². The van der Waals surface area contributed by atoms with Gasteiger partial charge in [-0.25, -0.2) is 0 Å². The van der Waals surface area contributed by atoms with Crippen LogP contribution in [0.25, 0.3) is 10.9 Å². The maximum Gasteiger partial charge on any atom is 0.252 e. The predicted octanol–water partition coefficient (Wildman–Crippen LogP) is 4.15. The number of aryl methyl sites for hydroxylation is 1. The van der Waals surface area contributed by atoms with Crippen LogP contribution < -0.4 is 19.5 Å². The number of ether oxygens (including phenoxy) is 3. The summed E-state index contributed by atoms with van der Waals surface area (Å²) in [6.45, 7) is 2.11. The molecule has 3 aromatic rings. The van der Waals surface area contributed by atoms with Crippen molar-refractivity contribution in [2.75, 3.05) is 21.3 Å². The number of pyridine rings is 1. The van der Waals surface area contributed by atoms with Gasteiger partial charge in [-0.3, -0.25) is 9.78 Å². The summed E-state index contributed by atoms with van der Waals surface area (Å²) in [6.07, 6.45) is 0. The Balaban J connectivity index is 1.91. The van der Waals surface area contributed by atoms with E-state index in [-0.39, 0.29) is 12.5 Å². The molecular weight excluding hydrogens is 380 g/mol. The molecule has 146 valence electrons. The molecule has 0 aliphatic rings. The van der Waals surface area contributed by atoms with Crippen molar-refractivity contribution in [2.24, 2.45) is 0 Å². The zero-order valence-corrected chi connectivity index (χ0v) is 16.9. The van der Waals surface area contributed by atoms with Crippen LogP contribution in [-0.2, 0) is 6.54 Å². The van der Waals surface area contributed by atoms with Crippen LogP contribution in [0, 0.1) is 6.92 Å². The van der Waals surface area contributed by atoms with Gasteiger partial charge in [-0.1, -0.05) is 11.6 Å². The summed E-state index contributed by atoms with van der Waals surface area (Å²) < 4.78 is 16.1. The van der Waals surface area contributed by atoms with Gasteiger partial charge >= 0.3 is 0 Å². The average molecular weight is 401 g/mol. The number of methoxy groups -OCH3 is 3. The molecule has 0 unspecified atom stereocenters. The zero-order valence-electron chi connectivity index (χ0n) is 16.1. The van der Waals surface area contributed by atoms with Crippen LogP contribution >= 0.6 is 11.6 Å². The summed E-state index contributed by atoms with van der Waals surface area (Å²) in [5.74, 6) is 1.32. The van der Waals surface area contributed by atoms with Crippen molar-refractivity contribution in [2.45, 2.75) is 13.5 Å². The summed E-state index contributed by atoms with van der Waals surface area (Å²) in [6, 6.07) is 10.7. The molecule has 0 aliphatic carbocycles. The van der Waals surface area contributed by atoms with Gasteiger partial charge in [0.2, 0.25) is 5.75 Å². The molecule has 28 heavy (non-hydrogen) atoms. The summed E-state index contributed by atoms with van der Waals surface area (Å²) >= 11 is 6.11. The molecule has 0 radical (unpaired) electrons. The van der Waals surface area contributed by atoms with Crippen LogP contribution in [0.1, 0.15) is 21.6 Å². The first-order valence-electron chi connectivity index (χ1n) is 8.61. The fraction of sp³-hybridized carbons (Fsp3) is 0.238. The Hall–Kier alpha value is -2.99. The number of carbonyl (C=O) groups excluding carboxylic acids is 1. The molecule has 0 spiro atoms. The van der Waals surface area contributed by atoms with E-state index < -0.39 is 0 Å².